The molecule has 0 aromatic carbocycles. The van der Waals surface area contributed by atoms with Crippen LogP contribution in [0.15, 0.2) is 0 Å². The third-order valence-electron chi connectivity index (χ3n) is 5.59. The highest BCUT2D eigenvalue weighted by molar-refractivity contribution is 5.66. The molecule has 3 aliphatic rings. The van der Waals surface area contributed by atoms with Crippen molar-refractivity contribution >= 4 is 5.97 Å². The summed E-state index contributed by atoms with van der Waals surface area (Å²) in [6, 6.07) is 0. The fourth-order valence-corrected chi connectivity index (χ4v) is 3.77. The fraction of sp³-hybridized carbons (Fsp3) is 0.944. The molecule has 0 spiro atoms. The topological polar surface area (TPSA) is 234 Å². The number of carbonyl (C=O) groups excluding carboxylic acids is 1. The van der Waals surface area contributed by atoms with Crippen LogP contribution >= 0.6 is 0 Å². The number of carbonyl (C=O) groups is 1. The molecule has 0 unspecified atom stereocenters. The molecule has 3 saturated heterocycles. The van der Waals surface area contributed by atoms with Gasteiger partial charge in [0.2, 0.25) is 0 Å². The van der Waals surface area contributed by atoms with E-state index in [1.165, 1.54) is 0 Å². The van der Waals surface area contributed by atoms with Crippen LogP contribution in [0.25, 0.3) is 0 Å². The Kier molecular flexibility index (Phi) is 8.95. The minimum atomic E-state index is -1.78. The normalized spacial score (nSPS) is 48.9. The molecular weight excluding hydrogens is 456 g/mol. The minimum Gasteiger partial charge on any atom is -0.454 e. The largest absolute Gasteiger partial charge is 0.454 e. The standard InChI is InChI=1S/C18H30O15/c1-5(20)30-15-13(7(22)4-28-16(15)27)32-18-14(11(25)10(24)8(2-19)31-18)33-17-12(26)9(23)6(21)3-29-17/h6-19,21-27H,2-4H2,1H3/t6-,7+,8-,9+,10-,11+,12-,13+,14-,15-,16-,17+,18+/m1/s1. The zero-order chi connectivity index (χ0) is 24.4. The van der Waals surface area contributed by atoms with Gasteiger partial charge in [0.15, 0.2) is 25.0 Å². The summed E-state index contributed by atoms with van der Waals surface area (Å²) in [7, 11) is 0. The van der Waals surface area contributed by atoms with Gasteiger partial charge in [-0.05, 0) is 0 Å². The van der Waals surface area contributed by atoms with Gasteiger partial charge in [-0.2, -0.15) is 0 Å². The summed E-state index contributed by atoms with van der Waals surface area (Å²) in [5.74, 6) is -0.822. The summed E-state index contributed by atoms with van der Waals surface area (Å²) in [5.41, 5.74) is 0. The lowest BCUT2D eigenvalue weighted by molar-refractivity contribution is -0.377. The molecule has 3 fully saturated rings. The van der Waals surface area contributed by atoms with E-state index in [0.29, 0.717) is 0 Å². The molecule has 3 aliphatic heterocycles. The lowest BCUT2D eigenvalue weighted by atomic mass is 9.98. The van der Waals surface area contributed by atoms with Crippen LogP contribution in [0.5, 0.6) is 0 Å². The molecule has 13 atom stereocenters. The number of esters is 1. The summed E-state index contributed by atoms with van der Waals surface area (Å²) >= 11 is 0. The first kappa shape index (κ1) is 26.6. The van der Waals surface area contributed by atoms with E-state index in [4.69, 9.17) is 28.4 Å². The molecule has 0 radical (unpaired) electrons. The van der Waals surface area contributed by atoms with Gasteiger partial charge in [0, 0.05) is 6.92 Å². The van der Waals surface area contributed by atoms with Crippen molar-refractivity contribution in [2.75, 3.05) is 19.8 Å². The quantitative estimate of drug-likeness (QED) is 0.163. The van der Waals surface area contributed by atoms with Gasteiger partial charge in [0.05, 0.1) is 19.8 Å². The van der Waals surface area contributed by atoms with Crippen molar-refractivity contribution in [3.63, 3.8) is 0 Å². The summed E-state index contributed by atoms with van der Waals surface area (Å²) in [6.07, 6.45) is -20.6. The van der Waals surface area contributed by atoms with Crippen molar-refractivity contribution in [1.82, 2.24) is 0 Å². The van der Waals surface area contributed by atoms with Gasteiger partial charge in [-0.15, -0.1) is 0 Å². The number of aliphatic hydroxyl groups is 8. The van der Waals surface area contributed by atoms with Gasteiger partial charge in [-0.3, -0.25) is 4.79 Å². The number of hydrogen-bond donors (Lipinski definition) is 8. The average Bonchev–Trinajstić information content (AvgIpc) is 2.77. The molecule has 3 rings (SSSR count). The van der Waals surface area contributed by atoms with E-state index in [2.05, 4.69) is 0 Å². The maximum absolute atomic E-state index is 11.4. The SMILES string of the molecule is CC(=O)O[C@@H]1[C@@H](O[C@@H]2O[C@H](CO)[C@@H](O)[C@H](O)[C@H]2O[C@@H]2OC[C@@H](O)[C@H](O)[C@H]2O)[C@@H](O)CO[C@H]1O. The van der Waals surface area contributed by atoms with Crippen LogP contribution in [0.3, 0.4) is 0 Å². The lowest BCUT2D eigenvalue weighted by Gasteiger charge is -2.47. The smallest absolute Gasteiger partial charge is 0.303 e. The van der Waals surface area contributed by atoms with Gasteiger partial charge < -0.3 is 69.3 Å². The molecule has 0 aromatic heterocycles. The highest BCUT2D eigenvalue weighted by Gasteiger charge is 2.52. The van der Waals surface area contributed by atoms with Crippen molar-refractivity contribution in [2.24, 2.45) is 0 Å². The predicted octanol–water partition coefficient (Wildman–Crippen LogP) is -5.72. The molecule has 0 amide bonds. The Morgan fingerprint density at radius 2 is 1.42 bits per heavy atom. The first-order chi connectivity index (χ1) is 15.5. The molecule has 0 saturated carbocycles. The first-order valence-electron chi connectivity index (χ1n) is 10.3. The number of hydrogen-bond acceptors (Lipinski definition) is 15. The van der Waals surface area contributed by atoms with Crippen molar-refractivity contribution in [3.05, 3.63) is 0 Å². The van der Waals surface area contributed by atoms with E-state index in [0.717, 1.165) is 6.92 Å². The molecule has 33 heavy (non-hydrogen) atoms. The molecule has 8 N–H and O–H groups in total. The third-order valence-corrected chi connectivity index (χ3v) is 5.59. The van der Waals surface area contributed by atoms with Crippen molar-refractivity contribution < 1.29 is 74.1 Å². The number of aliphatic hydroxyl groups excluding tert-OH is 8. The van der Waals surface area contributed by atoms with E-state index in [-0.39, 0.29) is 0 Å². The Labute approximate surface area is 187 Å². The highest BCUT2D eigenvalue weighted by Crippen LogP contribution is 2.31. The van der Waals surface area contributed by atoms with Gasteiger partial charge in [-0.1, -0.05) is 0 Å². The zero-order valence-corrected chi connectivity index (χ0v) is 17.6. The molecule has 0 aliphatic carbocycles. The lowest BCUT2D eigenvalue weighted by Crippen LogP contribution is -2.65. The van der Waals surface area contributed by atoms with Gasteiger partial charge >= 0.3 is 5.97 Å². The van der Waals surface area contributed by atoms with Gasteiger partial charge in [-0.25, -0.2) is 0 Å². The van der Waals surface area contributed by atoms with Crippen molar-refractivity contribution in [1.29, 1.82) is 0 Å². The second kappa shape index (κ2) is 11.1. The van der Waals surface area contributed by atoms with Gasteiger partial charge in [0.25, 0.3) is 0 Å². The fourth-order valence-electron chi connectivity index (χ4n) is 3.77. The second-order valence-corrected chi connectivity index (χ2v) is 8.02. The average molecular weight is 486 g/mol. The molecule has 15 nitrogen and oxygen atoms in total. The Hall–Kier alpha value is -1.05. The van der Waals surface area contributed by atoms with Crippen molar-refractivity contribution in [2.45, 2.75) is 86.8 Å². The van der Waals surface area contributed by atoms with Gasteiger partial charge in [0.1, 0.15) is 54.9 Å². The monoisotopic (exact) mass is 486 g/mol. The Balaban J connectivity index is 1.82. The van der Waals surface area contributed by atoms with E-state index < -0.39 is 106 Å². The zero-order valence-electron chi connectivity index (χ0n) is 17.6. The third kappa shape index (κ3) is 5.79. The van der Waals surface area contributed by atoms with Crippen LogP contribution in [-0.4, -0.2) is 147 Å². The molecule has 0 bridgehead atoms. The van der Waals surface area contributed by atoms with Crippen molar-refractivity contribution in [3.8, 4) is 0 Å². The molecule has 192 valence electrons. The summed E-state index contributed by atoms with van der Waals surface area (Å²) in [6.45, 7) is -0.522. The predicted molar refractivity (Wildman–Crippen MR) is 98.8 cm³/mol. The number of rotatable bonds is 6. The van der Waals surface area contributed by atoms with Crippen LogP contribution < -0.4 is 0 Å². The molecule has 0 aromatic rings. The second-order valence-electron chi connectivity index (χ2n) is 8.02. The summed E-state index contributed by atoms with van der Waals surface area (Å²) in [4.78, 5) is 11.4. The van der Waals surface area contributed by atoms with Crippen LogP contribution in [0, 0.1) is 0 Å². The van der Waals surface area contributed by atoms with E-state index in [1.807, 2.05) is 0 Å². The van der Waals surface area contributed by atoms with E-state index >= 15 is 0 Å². The Morgan fingerprint density at radius 1 is 0.788 bits per heavy atom. The molecule has 3 heterocycles. The van der Waals surface area contributed by atoms with E-state index in [1.54, 1.807) is 0 Å². The van der Waals surface area contributed by atoms with E-state index in [9.17, 15) is 45.6 Å². The summed E-state index contributed by atoms with van der Waals surface area (Å²) in [5, 5.41) is 80.3. The first-order valence-corrected chi connectivity index (χ1v) is 10.3. The molecule has 15 heteroatoms. The minimum absolute atomic E-state index is 0.412. The maximum Gasteiger partial charge on any atom is 0.303 e. The van der Waals surface area contributed by atoms with Crippen LogP contribution in [0.1, 0.15) is 6.92 Å². The van der Waals surface area contributed by atoms with Crippen LogP contribution in [-0.2, 0) is 33.2 Å². The van der Waals surface area contributed by atoms with Crippen LogP contribution in [0.4, 0.5) is 0 Å². The van der Waals surface area contributed by atoms with Crippen LogP contribution in [0.2, 0.25) is 0 Å². The Bertz CT molecular complexity index is 650. The maximum atomic E-state index is 11.4. The molecular formula is C18H30O15. The number of ether oxygens (including phenoxy) is 6. The Morgan fingerprint density at radius 3 is 2.06 bits per heavy atom. The highest BCUT2D eigenvalue weighted by atomic mass is 16.8. The summed E-state index contributed by atoms with van der Waals surface area (Å²) < 4.78 is 31.7.